The van der Waals surface area contributed by atoms with E-state index < -0.39 is 0 Å². The number of ether oxygens (including phenoxy) is 1. The molecule has 2 aromatic rings. The molecule has 1 aliphatic rings. The molecule has 4 heteroatoms. The SMILES string of the molecule is COc1ccccc1CNC(C)c1ccc(N2CCCC2=O)cc1. The van der Waals surface area contributed by atoms with Gasteiger partial charge in [-0.2, -0.15) is 0 Å². The summed E-state index contributed by atoms with van der Waals surface area (Å²) in [7, 11) is 1.70. The van der Waals surface area contributed by atoms with Crippen molar-refractivity contribution >= 4 is 11.6 Å². The van der Waals surface area contributed by atoms with Gasteiger partial charge in [-0.25, -0.2) is 0 Å². The number of nitrogens with zero attached hydrogens (tertiary/aromatic N) is 1. The number of carbonyl (C=O) groups excluding carboxylic acids is 1. The quantitative estimate of drug-likeness (QED) is 0.881. The van der Waals surface area contributed by atoms with E-state index in [1.165, 1.54) is 5.56 Å². The molecule has 126 valence electrons. The molecule has 3 rings (SSSR count). The lowest BCUT2D eigenvalue weighted by Crippen LogP contribution is -2.23. The molecule has 0 aromatic heterocycles. The molecule has 2 aromatic carbocycles. The number of para-hydroxylation sites is 1. The minimum atomic E-state index is 0.221. The van der Waals surface area contributed by atoms with Crippen LogP contribution in [0.25, 0.3) is 0 Å². The van der Waals surface area contributed by atoms with Crippen molar-refractivity contribution in [3.63, 3.8) is 0 Å². The normalized spacial score (nSPS) is 15.6. The predicted molar refractivity (Wildman–Crippen MR) is 96.3 cm³/mol. The largest absolute Gasteiger partial charge is 0.496 e. The maximum atomic E-state index is 11.8. The van der Waals surface area contributed by atoms with E-state index in [-0.39, 0.29) is 11.9 Å². The summed E-state index contributed by atoms with van der Waals surface area (Å²) in [5.74, 6) is 1.13. The van der Waals surface area contributed by atoms with Gasteiger partial charge in [0.2, 0.25) is 5.91 Å². The topological polar surface area (TPSA) is 41.6 Å². The van der Waals surface area contributed by atoms with E-state index in [4.69, 9.17) is 4.74 Å². The van der Waals surface area contributed by atoms with Crippen LogP contribution in [-0.4, -0.2) is 19.6 Å². The van der Waals surface area contributed by atoms with Crippen LogP contribution in [0.1, 0.15) is 36.9 Å². The van der Waals surface area contributed by atoms with Gasteiger partial charge < -0.3 is 15.0 Å². The van der Waals surface area contributed by atoms with Crippen LogP contribution in [0.15, 0.2) is 48.5 Å². The second-order valence-corrected chi connectivity index (χ2v) is 6.15. The minimum absolute atomic E-state index is 0.221. The van der Waals surface area contributed by atoms with Crippen molar-refractivity contribution in [2.24, 2.45) is 0 Å². The summed E-state index contributed by atoms with van der Waals surface area (Å²) in [5.41, 5.74) is 3.35. The smallest absolute Gasteiger partial charge is 0.227 e. The average molecular weight is 324 g/mol. The van der Waals surface area contributed by atoms with Gasteiger partial charge in [0.05, 0.1) is 7.11 Å². The Morgan fingerprint density at radius 1 is 1.17 bits per heavy atom. The zero-order valence-electron chi connectivity index (χ0n) is 14.3. The summed E-state index contributed by atoms with van der Waals surface area (Å²) >= 11 is 0. The first-order valence-corrected chi connectivity index (χ1v) is 8.44. The maximum absolute atomic E-state index is 11.8. The van der Waals surface area contributed by atoms with Crippen molar-refractivity contribution in [1.82, 2.24) is 5.32 Å². The lowest BCUT2D eigenvalue weighted by molar-refractivity contribution is -0.117. The van der Waals surface area contributed by atoms with Crippen LogP contribution < -0.4 is 15.0 Å². The number of amides is 1. The molecule has 1 heterocycles. The van der Waals surface area contributed by atoms with Gasteiger partial charge in [-0.15, -0.1) is 0 Å². The number of hydrogen-bond donors (Lipinski definition) is 1. The van der Waals surface area contributed by atoms with E-state index in [2.05, 4.69) is 30.4 Å². The molecule has 1 atom stereocenters. The van der Waals surface area contributed by atoms with Crippen LogP contribution in [0.4, 0.5) is 5.69 Å². The van der Waals surface area contributed by atoms with Gasteiger partial charge in [0.25, 0.3) is 0 Å². The molecule has 0 bridgehead atoms. The Kier molecular flexibility index (Phi) is 5.16. The molecule has 0 spiro atoms. The number of methoxy groups -OCH3 is 1. The molecule has 1 N–H and O–H groups in total. The standard InChI is InChI=1S/C20H24N2O2/c1-15(21-14-17-6-3-4-7-19(17)24-2)16-9-11-18(12-10-16)22-13-5-8-20(22)23/h3-4,6-7,9-12,15,21H,5,8,13-14H2,1-2H3. The Labute approximate surface area is 143 Å². The molecule has 24 heavy (non-hydrogen) atoms. The van der Waals surface area contributed by atoms with Gasteiger partial charge in [0, 0.05) is 36.8 Å². The predicted octanol–water partition coefficient (Wildman–Crippen LogP) is 3.67. The van der Waals surface area contributed by atoms with Crippen molar-refractivity contribution in [2.45, 2.75) is 32.4 Å². The zero-order valence-corrected chi connectivity index (χ0v) is 14.3. The van der Waals surface area contributed by atoms with Crippen molar-refractivity contribution in [1.29, 1.82) is 0 Å². The Morgan fingerprint density at radius 2 is 1.92 bits per heavy atom. The number of nitrogens with one attached hydrogen (secondary N) is 1. The lowest BCUT2D eigenvalue weighted by Gasteiger charge is -2.19. The third-order valence-electron chi connectivity index (χ3n) is 4.57. The highest BCUT2D eigenvalue weighted by molar-refractivity contribution is 5.95. The summed E-state index contributed by atoms with van der Waals surface area (Å²) in [6, 6.07) is 16.5. The van der Waals surface area contributed by atoms with E-state index in [9.17, 15) is 4.79 Å². The fourth-order valence-corrected chi connectivity index (χ4v) is 3.09. The Hall–Kier alpha value is -2.33. The van der Waals surface area contributed by atoms with E-state index in [1.54, 1.807) is 7.11 Å². The van der Waals surface area contributed by atoms with Gasteiger partial charge in [-0.3, -0.25) is 4.79 Å². The number of hydrogen-bond acceptors (Lipinski definition) is 3. The average Bonchev–Trinajstić information content (AvgIpc) is 3.06. The van der Waals surface area contributed by atoms with Crippen LogP contribution in [-0.2, 0) is 11.3 Å². The highest BCUT2D eigenvalue weighted by Crippen LogP contribution is 2.24. The van der Waals surface area contributed by atoms with Crippen molar-refractivity contribution < 1.29 is 9.53 Å². The molecule has 1 aliphatic heterocycles. The highest BCUT2D eigenvalue weighted by atomic mass is 16.5. The second-order valence-electron chi connectivity index (χ2n) is 6.15. The number of carbonyl (C=O) groups is 1. The molecule has 0 aliphatic carbocycles. The first-order chi connectivity index (χ1) is 11.7. The number of anilines is 1. The van der Waals surface area contributed by atoms with Gasteiger partial charge in [0.1, 0.15) is 5.75 Å². The third-order valence-corrected chi connectivity index (χ3v) is 4.57. The number of benzene rings is 2. The summed E-state index contributed by atoms with van der Waals surface area (Å²) in [6.45, 7) is 3.72. The maximum Gasteiger partial charge on any atom is 0.227 e. The molecular formula is C20H24N2O2. The number of rotatable bonds is 6. The van der Waals surface area contributed by atoms with E-state index >= 15 is 0 Å². The summed E-state index contributed by atoms with van der Waals surface area (Å²) in [5, 5.41) is 3.53. The molecule has 1 saturated heterocycles. The molecule has 0 radical (unpaired) electrons. The van der Waals surface area contributed by atoms with Crippen LogP contribution in [0.5, 0.6) is 5.75 Å². The van der Waals surface area contributed by atoms with Crippen LogP contribution >= 0.6 is 0 Å². The van der Waals surface area contributed by atoms with Crippen molar-refractivity contribution in [2.75, 3.05) is 18.6 Å². The van der Waals surface area contributed by atoms with E-state index in [0.29, 0.717) is 6.42 Å². The first kappa shape index (κ1) is 16.5. The van der Waals surface area contributed by atoms with Crippen LogP contribution in [0.2, 0.25) is 0 Å². The summed E-state index contributed by atoms with van der Waals surface area (Å²) in [4.78, 5) is 13.7. The molecule has 1 fully saturated rings. The van der Waals surface area contributed by atoms with Crippen LogP contribution in [0.3, 0.4) is 0 Å². The Morgan fingerprint density at radius 3 is 2.58 bits per heavy atom. The van der Waals surface area contributed by atoms with Gasteiger partial charge >= 0.3 is 0 Å². The zero-order chi connectivity index (χ0) is 16.9. The molecule has 1 unspecified atom stereocenters. The molecule has 1 amide bonds. The Bertz CT molecular complexity index is 697. The summed E-state index contributed by atoms with van der Waals surface area (Å²) < 4.78 is 5.39. The van der Waals surface area contributed by atoms with Crippen molar-refractivity contribution in [3.8, 4) is 5.75 Å². The molecular weight excluding hydrogens is 300 g/mol. The van der Waals surface area contributed by atoms with Crippen LogP contribution in [0, 0.1) is 0 Å². The lowest BCUT2D eigenvalue weighted by atomic mass is 10.1. The van der Waals surface area contributed by atoms with Gasteiger partial charge in [-0.1, -0.05) is 30.3 Å². The van der Waals surface area contributed by atoms with E-state index in [1.807, 2.05) is 35.2 Å². The van der Waals surface area contributed by atoms with E-state index in [0.717, 1.165) is 36.5 Å². The Balaban J connectivity index is 1.63. The monoisotopic (exact) mass is 324 g/mol. The minimum Gasteiger partial charge on any atom is -0.496 e. The fourth-order valence-electron chi connectivity index (χ4n) is 3.09. The highest BCUT2D eigenvalue weighted by Gasteiger charge is 2.21. The second kappa shape index (κ2) is 7.49. The molecule has 4 nitrogen and oxygen atoms in total. The van der Waals surface area contributed by atoms with Gasteiger partial charge in [0.15, 0.2) is 0 Å². The first-order valence-electron chi connectivity index (χ1n) is 8.44. The fraction of sp³-hybridized carbons (Fsp3) is 0.350. The van der Waals surface area contributed by atoms with Gasteiger partial charge in [-0.05, 0) is 37.1 Å². The molecule has 0 saturated carbocycles. The third kappa shape index (κ3) is 3.60. The summed E-state index contributed by atoms with van der Waals surface area (Å²) in [6.07, 6.45) is 1.62. The van der Waals surface area contributed by atoms with Crippen molar-refractivity contribution in [3.05, 3.63) is 59.7 Å².